The van der Waals surface area contributed by atoms with Crippen LogP contribution >= 0.6 is 7.82 Å². The number of unbranched alkanes of at least 4 members (excludes halogenated alkanes) is 30. The van der Waals surface area contributed by atoms with E-state index in [1.807, 2.05) is 6.08 Å². The third-order valence-corrected chi connectivity index (χ3v) is 11.1. The molecule has 8 nitrogen and oxygen atoms in total. The van der Waals surface area contributed by atoms with Crippen LogP contribution in [0.15, 0.2) is 12.2 Å². The molecule has 9 heteroatoms. The lowest BCUT2D eigenvalue weighted by atomic mass is 10.0. The third kappa shape index (κ3) is 37.6. The van der Waals surface area contributed by atoms with Crippen LogP contribution in [-0.2, 0) is 18.4 Å². The molecule has 0 heterocycles. The number of rotatable bonds is 42. The second-order valence-electron chi connectivity index (χ2n) is 15.3. The number of aliphatic hydroxyl groups is 1. The van der Waals surface area contributed by atoms with E-state index in [2.05, 4.69) is 19.2 Å². The standard InChI is InChI=1S/C43H87N2O6P/c1-3-5-7-9-11-13-15-17-18-19-20-21-22-23-24-25-27-29-31-33-35-37-43(47)45-41(40-51-52(48,49)50-39-38-44)42(46)36-34-32-30-28-26-16-14-12-10-8-6-4-2/h34,36,41-42,46H,3-33,35,37-40,44H2,1-2H3,(H,45,47)(H,48,49)/b36-34+/t41-,42+/m0/s1. The number of nitrogens with two attached hydrogens (primary N) is 1. The van der Waals surface area contributed by atoms with Crippen LogP contribution in [0.5, 0.6) is 0 Å². The zero-order chi connectivity index (χ0) is 38.2. The van der Waals surface area contributed by atoms with Crippen molar-refractivity contribution in [1.82, 2.24) is 5.32 Å². The van der Waals surface area contributed by atoms with Gasteiger partial charge >= 0.3 is 7.82 Å². The van der Waals surface area contributed by atoms with Gasteiger partial charge in [0.05, 0.1) is 25.4 Å². The first-order chi connectivity index (χ1) is 25.4. The smallest absolute Gasteiger partial charge is 0.387 e. The van der Waals surface area contributed by atoms with E-state index < -0.39 is 20.0 Å². The number of nitrogens with one attached hydrogen (secondary N) is 1. The third-order valence-electron chi connectivity index (χ3n) is 10.1. The molecule has 0 radical (unpaired) electrons. The van der Waals surface area contributed by atoms with Crippen molar-refractivity contribution in [3.8, 4) is 0 Å². The SMILES string of the molecule is CCCCCCCCCCCC/C=C/[C@@H](O)[C@H](COP(=O)(O)OCCN)NC(=O)CCCCCCCCCCCCCCCCCCCCCCC. The normalized spacial score (nSPS) is 14.2. The van der Waals surface area contributed by atoms with Crippen molar-refractivity contribution in [2.45, 2.75) is 238 Å². The van der Waals surface area contributed by atoms with Crippen LogP contribution in [-0.4, -0.2) is 47.8 Å². The van der Waals surface area contributed by atoms with E-state index in [0.29, 0.717) is 6.42 Å². The van der Waals surface area contributed by atoms with E-state index in [4.69, 9.17) is 14.8 Å². The zero-order valence-electron chi connectivity index (χ0n) is 34.3. The number of amides is 1. The highest BCUT2D eigenvalue weighted by atomic mass is 31.2. The molecule has 0 aromatic carbocycles. The van der Waals surface area contributed by atoms with Crippen molar-refractivity contribution < 1.29 is 28.4 Å². The summed E-state index contributed by atoms with van der Waals surface area (Å²) in [5, 5.41) is 13.6. The summed E-state index contributed by atoms with van der Waals surface area (Å²) in [6.07, 6.45) is 44.1. The number of aliphatic hydroxyl groups excluding tert-OH is 1. The van der Waals surface area contributed by atoms with Gasteiger partial charge in [0.2, 0.25) is 5.91 Å². The molecule has 0 saturated carbocycles. The largest absolute Gasteiger partial charge is 0.472 e. The van der Waals surface area contributed by atoms with Crippen molar-refractivity contribution >= 4 is 13.7 Å². The number of hydrogen-bond donors (Lipinski definition) is 4. The van der Waals surface area contributed by atoms with Crippen LogP contribution in [0.25, 0.3) is 0 Å². The average molecular weight is 759 g/mol. The molecule has 1 amide bonds. The lowest BCUT2D eigenvalue weighted by Crippen LogP contribution is -2.45. The average Bonchev–Trinajstić information content (AvgIpc) is 3.13. The van der Waals surface area contributed by atoms with Gasteiger partial charge in [0.1, 0.15) is 0 Å². The zero-order valence-corrected chi connectivity index (χ0v) is 35.2. The molecule has 0 fully saturated rings. The van der Waals surface area contributed by atoms with Gasteiger partial charge in [-0.1, -0.05) is 212 Å². The predicted octanol–water partition coefficient (Wildman–Crippen LogP) is 12.4. The van der Waals surface area contributed by atoms with Crippen LogP contribution in [0.4, 0.5) is 0 Å². The molecule has 0 aliphatic rings. The second-order valence-corrected chi connectivity index (χ2v) is 16.7. The van der Waals surface area contributed by atoms with E-state index in [0.717, 1.165) is 38.5 Å². The molecular weight excluding hydrogens is 671 g/mol. The molecule has 1 unspecified atom stereocenters. The summed E-state index contributed by atoms with van der Waals surface area (Å²) in [4.78, 5) is 22.7. The molecule has 310 valence electrons. The summed E-state index contributed by atoms with van der Waals surface area (Å²) in [6, 6.07) is -0.853. The Balaban J connectivity index is 4.08. The monoisotopic (exact) mass is 759 g/mol. The fraction of sp³-hybridized carbons (Fsp3) is 0.930. The summed E-state index contributed by atoms with van der Waals surface area (Å²) in [5.74, 6) is -0.191. The molecule has 52 heavy (non-hydrogen) atoms. The summed E-state index contributed by atoms with van der Waals surface area (Å²) in [6.45, 7) is 4.15. The lowest BCUT2D eigenvalue weighted by molar-refractivity contribution is -0.123. The number of phosphoric ester groups is 1. The van der Waals surface area contributed by atoms with E-state index >= 15 is 0 Å². The molecule has 0 bridgehead atoms. The molecule has 0 saturated heterocycles. The predicted molar refractivity (Wildman–Crippen MR) is 222 cm³/mol. The van der Waals surface area contributed by atoms with Crippen molar-refractivity contribution in [2.75, 3.05) is 19.8 Å². The van der Waals surface area contributed by atoms with Gasteiger partial charge < -0.3 is 21.1 Å². The van der Waals surface area contributed by atoms with Gasteiger partial charge in [-0.3, -0.25) is 13.8 Å². The Morgan fingerprint density at radius 3 is 1.37 bits per heavy atom. The number of carbonyl (C=O) groups excluding carboxylic acids is 1. The summed E-state index contributed by atoms with van der Waals surface area (Å²) in [5.41, 5.74) is 5.37. The van der Waals surface area contributed by atoms with Gasteiger partial charge in [-0.15, -0.1) is 0 Å². The van der Waals surface area contributed by atoms with Crippen molar-refractivity contribution in [2.24, 2.45) is 5.73 Å². The molecule has 0 spiro atoms. The van der Waals surface area contributed by atoms with Gasteiger partial charge in [0.15, 0.2) is 0 Å². The minimum atomic E-state index is -4.33. The summed E-state index contributed by atoms with van der Waals surface area (Å²) >= 11 is 0. The van der Waals surface area contributed by atoms with Gasteiger partial charge in [-0.05, 0) is 19.3 Å². The quantitative estimate of drug-likeness (QED) is 0.0277. The Morgan fingerprint density at radius 1 is 0.615 bits per heavy atom. The number of allylic oxidation sites excluding steroid dienone is 1. The lowest BCUT2D eigenvalue weighted by Gasteiger charge is -2.23. The maximum Gasteiger partial charge on any atom is 0.472 e. The molecule has 0 aliphatic heterocycles. The van der Waals surface area contributed by atoms with E-state index in [-0.39, 0.29) is 25.7 Å². The first-order valence-electron chi connectivity index (χ1n) is 22.3. The Labute approximate surface area is 322 Å². The van der Waals surface area contributed by atoms with Crippen LogP contribution in [0.1, 0.15) is 226 Å². The molecule has 0 aromatic rings. The van der Waals surface area contributed by atoms with Gasteiger partial charge in [0, 0.05) is 13.0 Å². The van der Waals surface area contributed by atoms with E-state index in [9.17, 15) is 19.4 Å². The first kappa shape index (κ1) is 51.2. The summed E-state index contributed by atoms with van der Waals surface area (Å²) < 4.78 is 22.1. The first-order valence-corrected chi connectivity index (χ1v) is 23.8. The number of phosphoric acid groups is 1. The molecule has 0 aliphatic carbocycles. The molecule has 5 N–H and O–H groups in total. The Bertz CT molecular complexity index is 829. The van der Waals surface area contributed by atoms with Crippen molar-refractivity contribution in [1.29, 1.82) is 0 Å². The Hall–Kier alpha value is -0.760. The highest BCUT2D eigenvalue weighted by Crippen LogP contribution is 2.43. The Kier molecular flexibility index (Phi) is 39.3. The number of hydrogen-bond acceptors (Lipinski definition) is 6. The molecular formula is C43H87N2O6P. The maximum atomic E-state index is 12.7. The van der Waals surface area contributed by atoms with E-state index in [1.54, 1.807) is 6.08 Å². The molecule has 0 aromatic heterocycles. The van der Waals surface area contributed by atoms with Crippen LogP contribution in [0.3, 0.4) is 0 Å². The molecule has 3 atom stereocenters. The topological polar surface area (TPSA) is 131 Å². The Morgan fingerprint density at radius 2 is 0.981 bits per heavy atom. The minimum Gasteiger partial charge on any atom is -0.387 e. The number of carbonyl (C=O) groups is 1. The fourth-order valence-electron chi connectivity index (χ4n) is 6.72. The van der Waals surface area contributed by atoms with Crippen LogP contribution in [0, 0.1) is 0 Å². The van der Waals surface area contributed by atoms with Crippen LogP contribution in [0.2, 0.25) is 0 Å². The van der Waals surface area contributed by atoms with Gasteiger partial charge in [-0.2, -0.15) is 0 Å². The van der Waals surface area contributed by atoms with Gasteiger partial charge in [-0.25, -0.2) is 4.57 Å². The summed E-state index contributed by atoms with van der Waals surface area (Å²) in [7, 11) is -4.33. The van der Waals surface area contributed by atoms with Crippen molar-refractivity contribution in [3.63, 3.8) is 0 Å². The minimum absolute atomic E-state index is 0.0813. The highest BCUT2D eigenvalue weighted by Gasteiger charge is 2.26. The molecule has 0 rings (SSSR count). The van der Waals surface area contributed by atoms with Gasteiger partial charge in [0.25, 0.3) is 0 Å². The van der Waals surface area contributed by atoms with Crippen molar-refractivity contribution in [3.05, 3.63) is 12.2 Å². The fourth-order valence-corrected chi connectivity index (χ4v) is 7.48. The second kappa shape index (κ2) is 39.9. The maximum absolute atomic E-state index is 12.7. The van der Waals surface area contributed by atoms with Crippen LogP contribution < -0.4 is 11.1 Å². The van der Waals surface area contributed by atoms with E-state index in [1.165, 1.54) is 167 Å². The highest BCUT2D eigenvalue weighted by molar-refractivity contribution is 7.47.